The molecule has 0 spiro atoms. The van der Waals surface area contributed by atoms with Crippen molar-refractivity contribution in [3.8, 4) is 11.3 Å². The molecule has 0 radical (unpaired) electrons. The van der Waals surface area contributed by atoms with E-state index in [0.29, 0.717) is 15.9 Å². The van der Waals surface area contributed by atoms with Gasteiger partial charge in [-0.05, 0) is 42.8 Å². The molecular formula is C18H14Cl2N4O. The number of carbonyl (C=O) groups excluding carboxylic acids is 1. The first kappa shape index (κ1) is 17.2. The molecule has 0 saturated carbocycles. The Morgan fingerprint density at radius 3 is 2.64 bits per heavy atom. The van der Waals surface area contributed by atoms with Gasteiger partial charge in [0.15, 0.2) is 0 Å². The smallest absolute Gasteiger partial charge is 0.249 e. The van der Waals surface area contributed by atoms with Crippen molar-refractivity contribution in [3.63, 3.8) is 0 Å². The number of anilines is 1. The van der Waals surface area contributed by atoms with E-state index in [4.69, 9.17) is 23.2 Å². The topological polar surface area (TPSA) is 70.7 Å². The summed E-state index contributed by atoms with van der Waals surface area (Å²) in [5, 5.41) is 10.8. The van der Waals surface area contributed by atoms with E-state index in [1.807, 2.05) is 19.1 Å². The third-order valence-corrected chi connectivity index (χ3v) is 4.32. The summed E-state index contributed by atoms with van der Waals surface area (Å²) in [6.45, 7) is 1.89. The lowest BCUT2D eigenvalue weighted by Gasteiger charge is -2.01. The second-order valence-electron chi connectivity index (χ2n) is 5.30. The van der Waals surface area contributed by atoms with Crippen LogP contribution >= 0.6 is 23.2 Å². The van der Waals surface area contributed by atoms with E-state index >= 15 is 0 Å². The molecule has 0 fully saturated rings. The highest BCUT2D eigenvalue weighted by atomic mass is 35.5. The first-order valence-electron chi connectivity index (χ1n) is 7.44. The van der Waals surface area contributed by atoms with Gasteiger partial charge in [-0.2, -0.15) is 5.10 Å². The number of nitrogens with zero attached hydrogens (tertiary/aromatic N) is 2. The second kappa shape index (κ2) is 7.51. The van der Waals surface area contributed by atoms with Gasteiger partial charge in [0.2, 0.25) is 5.91 Å². The zero-order chi connectivity index (χ0) is 17.8. The number of amides is 1. The molecule has 2 N–H and O–H groups in total. The largest absolute Gasteiger partial charge is 0.307 e. The Kier molecular flexibility index (Phi) is 5.16. The van der Waals surface area contributed by atoms with Crippen molar-refractivity contribution in [1.29, 1.82) is 0 Å². The van der Waals surface area contributed by atoms with Crippen molar-refractivity contribution < 1.29 is 4.79 Å². The van der Waals surface area contributed by atoms with Crippen LogP contribution in [0.15, 0.2) is 48.8 Å². The Morgan fingerprint density at radius 1 is 1.16 bits per heavy atom. The van der Waals surface area contributed by atoms with Crippen LogP contribution in [0.25, 0.3) is 17.3 Å². The Balaban J connectivity index is 1.72. The fraction of sp³-hybridized carbons (Fsp3) is 0.0556. The maximum Gasteiger partial charge on any atom is 0.249 e. The van der Waals surface area contributed by atoms with Crippen molar-refractivity contribution in [3.05, 3.63) is 70.0 Å². The highest BCUT2D eigenvalue weighted by Gasteiger charge is 2.12. The van der Waals surface area contributed by atoms with E-state index in [-0.39, 0.29) is 5.91 Å². The molecule has 1 amide bonds. The minimum atomic E-state index is -0.279. The van der Waals surface area contributed by atoms with Crippen LogP contribution in [0.5, 0.6) is 0 Å². The summed E-state index contributed by atoms with van der Waals surface area (Å²) in [6, 6.07) is 8.87. The van der Waals surface area contributed by atoms with Crippen molar-refractivity contribution in [2.24, 2.45) is 0 Å². The van der Waals surface area contributed by atoms with Crippen molar-refractivity contribution in [1.82, 2.24) is 15.2 Å². The molecule has 3 aromatic rings. The molecule has 0 aliphatic rings. The van der Waals surface area contributed by atoms with Gasteiger partial charge < -0.3 is 5.32 Å². The lowest BCUT2D eigenvalue weighted by atomic mass is 10.1. The molecule has 5 nitrogen and oxygen atoms in total. The molecule has 0 unspecified atom stereocenters. The van der Waals surface area contributed by atoms with Crippen molar-refractivity contribution >= 4 is 41.0 Å². The van der Waals surface area contributed by atoms with Crippen LogP contribution in [0.2, 0.25) is 10.0 Å². The van der Waals surface area contributed by atoms with Crippen LogP contribution in [0.3, 0.4) is 0 Å². The number of hydrogen-bond acceptors (Lipinski definition) is 3. The highest BCUT2D eigenvalue weighted by molar-refractivity contribution is 6.42. The molecule has 2 aromatic heterocycles. The number of halogens is 2. The molecule has 0 atom stereocenters. The van der Waals surface area contributed by atoms with Crippen LogP contribution in [0, 0.1) is 6.92 Å². The SMILES string of the molecule is Cc1c(-c2ccncc2)n[nH]c1NC(=O)C=Cc1ccc(Cl)c(Cl)c1. The van der Waals surface area contributed by atoms with Gasteiger partial charge in [0, 0.05) is 29.6 Å². The average molecular weight is 373 g/mol. The van der Waals surface area contributed by atoms with Gasteiger partial charge in [-0.1, -0.05) is 29.3 Å². The van der Waals surface area contributed by atoms with E-state index in [1.165, 1.54) is 6.08 Å². The maximum absolute atomic E-state index is 12.1. The highest BCUT2D eigenvalue weighted by Crippen LogP contribution is 2.25. The van der Waals surface area contributed by atoms with Crippen LogP contribution < -0.4 is 5.32 Å². The summed E-state index contributed by atoms with van der Waals surface area (Å²) < 4.78 is 0. The monoisotopic (exact) mass is 372 g/mol. The van der Waals surface area contributed by atoms with E-state index in [1.54, 1.807) is 36.7 Å². The Bertz CT molecular complexity index is 936. The Hall–Kier alpha value is -2.63. The van der Waals surface area contributed by atoms with Gasteiger partial charge >= 0.3 is 0 Å². The zero-order valence-corrected chi connectivity index (χ0v) is 14.8. The first-order chi connectivity index (χ1) is 12.0. The maximum atomic E-state index is 12.1. The van der Waals surface area contributed by atoms with E-state index < -0.39 is 0 Å². The van der Waals surface area contributed by atoms with E-state index in [9.17, 15) is 4.79 Å². The number of rotatable bonds is 4. The van der Waals surface area contributed by atoms with Gasteiger partial charge in [0.05, 0.1) is 15.7 Å². The number of nitrogens with one attached hydrogen (secondary N) is 2. The average Bonchev–Trinajstić information content (AvgIpc) is 2.97. The van der Waals surface area contributed by atoms with Gasteiger partial charge in [-0.25, -0.2) is 0 Å². The van der Waals surface area contributed by atoms with Gasteiger partial charge in [0.25, 0.3) is 0 Å². The molecule has 0 saturated heterocycles. The van der Waals surface area contributed by atoms with Gasteiger partial charge in [-0.15, -0.1) is 0 Å². The molecule has 126 valence electrons. The number of benzene rings is 1. The minimum absolute atomic E-state index is 0.279. The number of pyridine rings is 1. The van der Waals surface area contributed by atoms with Gasteiger partial charge in [0.1, 0.15) is 5.82 Å². The molecule has 1 aromatic carbocycles. The molecule has 0 aliphatic carbocycles. The number of H-pyrrole nitrogens is 1. The molecule has 2 heterocycles. The van der Waals surface area contributed by atoms with Crippen molar-refractivity contribution in [2.75, 3.05) is 5.32 Å². The predicted molar refractivity (Wildman–Crippen MR) is 101 cm³/mol. The third kappa shape index (κ3) is 4.07. The summed E-state index contributed by atoms with van der Waals surface area (Å²) in [6.07, 6.45) is 6.47. The number of carbonyl (C=O) groups is 1. The lowest BCUT2D eigenvalue weighted by molar-refractivity contribution is -0.111. The summed E-state index contributed by atoms with van der Waals surface area (Å²) in [5.41, 5.74) is 3.33. The molecule has 7 heteroatoms. The van der Waals surface area contributed by atoms with E-state index in [0.717, 1.165) is 22.4 Å². The molecule has 25 heavy (non-hydrogen) atoms. The molecule has 3 rings (SSSR count). The molecule has 0 aliphatic heterocycles. The third-order valence-electron chi connectivity index (χ3n) is 3.58. The van der Waals surface area contributed by atoms with Crippen LogP contribution in [-0.2, 0) is 4.79 Å². The predicted octanol–water partition coefficient (Wildman–Crippen LogP) is 4.74. The Labute approximate surface area is 154 Å². The summed E-state index contributed by atoms with van der Waals surface area (Å²) >= 11 is 11.8. The first-order valence-corrected chi connectivity index (χ1v) is 8.19. The van der Waals surface area contributed by atoms with Gasteiger partial charge in [-0.3, -0.25) is 14.9 Å². The Morgan fingerprint density at radius 2 is 1.92 bits per heavy atom. The van der Waals surface area contributed by atoms with Crippen molar-refractivity contribution in [2.45, 2.75) is 6.92 Å². The fourth-order valence-electron chi connectivity index (χ4n) is 2.26. The normalized spacial score (nSPS) is 11.0. The fourth-order valence-corrected chi connectivity index (χ4v) is 2.57. The van der Waals surface area contributed by atoms with Crippen LogP contribution in [-0.4, -0.2) is 21.1 Å². The number of aromatic nitrogens is 3. The lowest BCUT2D eigenvalue weighted by Crippen LogP contribution is -2.09. The van der Waals surface area contributed by atoms with E-state index in [2.05, 4.69) is 20.5 Å². The minimum Gasteiger partial charge on any atom is -0.307 e. The summed E-state index contributed by atoms with van der Waals surface area (Å²) in [4.78, 5) is 16.1. The molecular weight excluding hydrogens is 359 g/mol. The van der Waals surface area contributed by atoms with Crippen LogP contribution in [0.4, 0.5) is 5.82 Å². The standard InChI is InChI=1S/C18H14Cl2N4O/c1-11-17(13-6-8-21-9-7-13)23-24-18(11)22-16(25)5-3-12-2-4-14(19)15(20)10-12/h2-10H,1H3,(H2,22,23,24,25). The summed E-state index contributed by atoms with van der Waals surface area (Å²) in [7, 11) is 0. The number of hydrogen-bond donors (Lipinski definition) is 2. The molecule has 0 bridgehead atoms. The van der Waals surface area contributed by atoms with Crippen LogP contribution in [0.1, 0.15) is 11.1 Å². The second-order valence-corrected chi connectivity index (χ2v) is 6.12. The zero-order valence-electron chi connectivity index (χ0n) is 13.3. The summed E-state index contributed by atoms with van der Waals surface area (Å²) in [5.74, 6) is 0.273. The number of aromatic amines is 1. The quantitative estimate of drug-likeness (QED) is 0.649.